The van der Waals surface area contributed by atoms with Crippen molar-refractivity contribution in [2.75, 3.05) is 20.3 Å². The van der Waals surface area contributed by atoms with Gasteiger partial charge in [-0.1, -0.05) is 0 Å². The minimum absolute atomic E-state index is 0.0200. The van der Waals surface area contributed by atoms with E-state index in [-0.39, 0.29) is 34.5 Å². The molecule has 0 radical (unpaired) electrons. The summed E-state index contributed by atoms with van der Waals surface area (Å²) in [5.41, 5.74) is 4.91. The van der Waals surface area contributed by atoms with Gasteiger partial charge in [0.15, 0.2) is 0 Å². The average molecular weight is 428 g/mol. The molecule has 0 spiro atoms. The zero-order valence-corrected chi connectivity index (χ0v) is 16.7. The molecule has 2 N–H and O–H groups in total. The van der Waals surface area contributed by atoms with E-state index in [0.29, 0.717) is 13.0 Å². The standard InChI is InChI=1S/C16H22BrN5O4/c1-16(2,3)26-15(24)21-7-9(5-10(21)8-25-4)22-12(14(19)23)11(6-18)13(17)20-22/h9-10H,5,7-8H2,1-4H3,(H2,19,23)/t9-,10+/m0/s1. The molecule has 1 aromatic heterocycles. The minimum atomic E-state index is -0.751. The highest BCUT2D eigenvalue weighted by atomic mass is 79.9. The van der Waals surface area contributed by atoms with Gasteiger partial charge in [-0.05, 0) is 43.1 Å². The van der Waals surface area contributed by atoms with Crippen LogP contribution >= 0.6 is 15.9 Å². The Morgan fingerprint density at radius 3 is 2.62 bits per heavy atom. The van der Waals surface area contributed by atoms with Gasteiger partial charge in [-0.2, -0.15) is 10.4 Å². The second-order valence-corrected chi connectivity index (χ2v) is 7.82. The molecule has 9 nitrogen and oxygen atoms in total. The Balaban J connectivity index is 2.34. The topological polar surface area (TPSA) is 123 Å². The first-order valence-corrected chi connectivity index (χ1v) is 8.84. The van der Waals surface area contributed by atoms with Gasteiger partial charge >= 0.3 is 6.09 Å². The van der Waals surface area contributed by atoms with Crippen LogP contribution in [0.25, 0.3) is 0 Å². The number of hydrogen-bond acceptors (Lipinski definition) is 6. The van der Waals surface area contributed by atoms with E-state index in [1.807, 2.05) is 6.07 Å². The number of nitrogens with zero attached hydrogens (tertiary/aromatic N) is 4. The number of primary amides is 1. The summed E-state index contributed by atoms with van der Waals surface area (Å²) >= 11 is 3.18. The van der Waals surface area contributed by atoms with Crippen LogP contribution in [-0.2, 0) is 9.47 Å². The van der Waals surface area contributed by atoms with Gasteiger partial charge in [0.05, 0.1) is 18.7 Å². The van der Waals surface area contributed by atoms with Crippen molar-refractivity contribution in [2.45, 2.75) is 44.9 Å². The largest absolute Gasteiger partial charge is 0.444 e. The van der Waals surface area contributed by atoms with E-state index in [1.54, 1.807) is 32.8 Å². The number of nitriles is 1. The van der Waals surface area contributed by atoms with Gasteiger partial charge in [-0.25, -0.2) is 4.79 Å². The summed E-state index contributed by atoms with van der Waals surface area (Å²) in [6, 6.07) is 1.36. The lowest BCUT2D eigenvalue weighted by molar-refractivity contribution is 0.0145. The fraction of sp³-hybridized carbons (Fsp3) is 0.625. The third-order valence-electron chi connectivity index (χ3n) is 3.94. The van der Waals surface area contributed by atoms with Crippen molar-refractivity contribution in [3.05, 3.63) is 15.9 Å². The van der Waals surface area contributed by atoms with Crippen LogP contribution in [0.4, 0.5) is 4.79 Å². The summed E-state index contributed by atoms with van der Waals surface area (Å²) in [5, 5.41) is 13.5. The molecule has 1 aromatic rings. The Morgan fingerprint density at radius 1 is 1.46 bits per heavy atom. The Bertz CT molecular complexity index is 749. The molecule has 1 saturated heterocycles. The number of likely N-dealkylation sites (tertiary alicyclic amines) is 1. The van der Waals surface area contributed by atoms with Crippen LogP contribution in [0.3, 0.4) is 0 Å². The van der Waals surface area contributed by atoms with E-state index in [1.165, 1.54) is 4.68 Å². The van der Waals surface area contributed by atoms with E-state index < -0.39 is 17.6 Å². The number of carbonyl (C=O) groups excluding carboxylic acids is 2. The maximum atomic E-state index is 12.5. The molecule has 26 heavy (non-hydrogen) atoms. The van der Waals surface area contributed by atoms with E-state index >= 15 is 0 Å². The molecule has 0 aromatic carbocycles. The predicted molar refractivity (Wildman–Crippen MR) is 95.4 cm³/mol. The lowest BCUT2D eigenvalue weighted by atomic mass is 10.1. The summed E-state index contributed by atoms with van der Waals surface area (Å²) in [5.74, 6) is -0.751. The predicted octanol–water partition coefficient (Wildman–Crippen LogP) is 1.81. The summed E-state index contributed by atoms with van der Waals surface area (Å²) < 4.78 is 12.3. The number of carbonyl (C=O) groups is 2. The molecular formula is C16H22BrN5O4. The number of hydrogen-bond donors (Lipinski definition) is 1. The minimum Gasteiger partial charge on any atom is -0.444 e. The third-order valence-corrected chi connectivity index (χ3v) is 4.49. The maximum Gasteiger partial charge on any atom is 0.410 e. The van der Waals surface area contributed by atoms with Gasteiger partial charge in [-0.3, -0.25) is 9.48 Å². The molecule has 0 unspecified atom stereocenters. The molecule has 1 aliphatic heterocycles. The quantitative estimate of drug-likeness (QED) is 0.780. The van der Waals surface area contributed by atoms with Crippen molar-refractivity contribution >= 4 is 27.9 Å². The van der Waals surface area contributed by atoms with Gasteiger partial charge in [0.25, 0.3) is 5.91 Å². The van der Waals surface area contributed by atoms with Gasteiger partial charge in [0, 0.05) is 13.7 Å². The first-order chi connectivity index (χ1) is 12.1. The van der Waals surface area contributed by atoms with E-state index in [2.05, 4.69) is 21.0 Å². The maximum absolute atomic E-state index is 12.5. The average Bonchev–Trinajstić information content (AvgIpc) is 3.06. The molecule has 142 valence electrons. The van der Waals surface area contributed by atoms with Crippen molar-refractivity contribution in [1.29, 1.82) is 5.26 Å². The molecule has 0 bridgehead atoms. The normalized spacial score (nSPS) is 20.1. The second kappa shape index (κ2) is 7.63. The molecule has 2 heterocycles. The Labute approximate surface area is 160 Å². The monoisotopic (exact) mass is 427 g/mol. The first-order valence-electron chi connectivity index (χ1n) is 8.05. The van der Waals surface area contributed by atoms with Crippen molar-refractivity contribution in [3.63, 3.8) is 0 Å². The number of halogens is 1. The van der Waals surface area contributed by atoms with Crippen LogP contribution in [0.2, 0.25) is 0 Å². The number of amides is 2. The summed E-state index contributed by atoms with van der Waals surface area (Å²) in [6.07, 6.45) is 0.0289. The van der Waals surface area contributed by atoms with Gasteiger partial charge in [-0.15, -0.1) is 0 Å². The van der Waals surface area contributed by atoms with Crippen LogP contribution in [0.1, 0.15) is 49.3 Å². The molecular weight excluding hydrogens is 406 g/mol. The number of aromatic nitrogens is 2. The van der Waals surface area contributed by atoms with Crippen LogP contribution < -0.4 is 5.73 Å². The van der Waals surface area contributed by atoms with Crippen LogP contribution in [-0.4, -0.2) is 58.6 Å². The van der Waals surface area contributed by atoms with E-state index in [0.717, 1.165) is 0 Å². The Hall–Kier alpha value is -2.12. The van der Waals surface area contributed by atoms with Crippen molar-refractivity contribution in [3.8, 4) is 6.07 Å². The zero-order valence-electron chi connectivity index (χ0n) is 15.2. The van der Waals surface area contributed by atoms with Crippen LogP contribution in [0.5, 0.6) is 0 Å². The molecule has 0 saturated carbocycles. The molecule has 0 aliphatic carbocycles. The fourth-order valence-electron chi connectivity index (χ4n) is 2.97. The van der Waals surface area contributed by atoms with E-state index in [4.69, 9.17) is 15.2 Å². The second-order valence-electron chi connectivity index (χ2n) is 7.07. The molecule has 2 rings (SSSR count). The van der Waals surface area contributed by atoms with Gasteiger partial charge in [0.2, 0.25) is 0 Å². The number of ether oxygens (including phenoxy) is 2. The Morgan fingerprint density at radius 2 is 2.12 bits per heavy atom. The highest BCUT2D eigenvalue weighted by Crippen LogP contribution is 2.32. The lowest BCUT2D eigenvalue weighted by Gasteiger charge is -2.28. The fourth-order valence-corrected chi connectivity index (χ4v) is 3.42. The number of nitrogens with two attached hydrogens (primary N) is 1. The van der Waals surface area contributed by atoms with Crippen molar-refractivity contribution in [2.24, 2.45) is 5.73 Å². The van der Waals surface area contributed by atoms with Crippen molar-refractivity contribution in [1.82, 2.24) is 14.7 Å². The van der Waals surface area contributed by atoms with Crippen LogP contribution in [0, 0.1) is 11.3 Å². The van der Waals surface area contributed by atoms with Crippen LogP contribution in [0.15, 0.2) is 4.60 Å². The number of methoxy groups -OCH3 is 1. The highest BCUT2D eigenvalue weighted by molar-refractivity contribution is 9.10. The zero-order chi connectivity index (χ0) is 19.6. The molecule has 1 aliphatic rings. The van der Waals surface area contributed by atoms with Crippen molar-refractivity contribution < 1.29 is 19.1 Å². The Kier molecular flexibility index (Phi) is 5.93. The molecule has 2 amide bonds. The molecule has 10 heteroatoms. The molecule has 1 fully saturated rings. The smallest absolute Gasteiger partial charge is 0.410 e. The number of rotatable bonds is 4. The molecule has 2 atom stereocenters. The summed E-state index contributed by atoms with van der Waals surface area (Å²) in [6.45, 7) is 5.95. The highest BCUT2D eigenvalue weighted by Gasteiger charge is 2.40. The first kappa shape index (κ1) is 20.2. The van der Waals surface area contributed by atoms with Gasteiger partial charge < -0.3 is 20.1 Å². The summed E-state index contributed by atoms with van der Waals surface area (Å²) in [7, 11) is 1.55. The lowest BCUT2D eigenvalue weighted by Crippen LogP contribution is -2.41. The third kappa shape index (κ3) is 4.16. The van der Waals surface area contributed by atoms with E-state index in [9.17, 15) is 14.9 Å². The SMILES string of the molecule is COC[C@H]1C[C@H](n2nc(Br)c(C#N)c2C(N)=O)CN1C(=O)OC(C)(C)C. The summed E-state index contributed by atoms with van der Waals surface area (Å²) in [4.78, 5) is 25.9. The van der Waals surface area contributed by atoms with Gasteiger partial charge in [0.1, 0.15) is 27.5 Å².